The number of carbonyl (C=O) groups is 1. The topological polar surface area (TPSA) is 23.6 Å². The van der Waals surface area contributed by atoms with Gasteiger partial charge >= 0.3 is 6.03 Å². The highest BCUT2D eigenvalue weighted by molar-refractivity contribution is 7.98. The van der Waals surface area contributed by atoms with Gasteiger partial charge in [0.2, 0.25) is 0 Å². The molecule has 4 heteroatoms. The first kappa shape index (κ1) is 21.0. The van der Waals surface area contributed by atoms with Crippen LogP contribution in [0.5, 0.6) is 0 Å². The van der Waals surface area contributed by atoms with Crippen LogP contribution in [0.2, 0.25) is 0 Å². The lowest BCUT2D eigenvalue weighted by molar-refractivity contribution is 0.215. The number of anilines is 1. The van der Waals surface area contributed by atoms with E-state index in [0.717, 1.165) is 17.0 Å². The largest absolute Gasteiger partial charge is 0.327 e. The Hall–Kier alpha value is -2.72. The van der Waals surface area contributed by atoms with Crippen LogP contribution < -0.4 is 4.90 Å². The molecule has 3 rings (SSSR count). The Morgan fingerprint density at radius 2 is 1.34 bits per heavy atom. The van der Waals surface area contributed by atoms with Crippen molar-refractivity contribution in [1.82, 2.24) is 4.90 Å². The molecule has 0 aliphatic carbocycles. The molecule has 3 aromatic carbocycles. The predicted molar refractivity (Wildman–Crippen MR) is 124 cm³/mol. The standard InChI is InChI=1S/C25H28N2OS/c1-26(25(28)27(2)23-16-10-11-17-24(23)29-3)19-18-22(20-12-6-4-7-13-20)21-14-8-5-9-15-21/h4-17,22H,18-19H2,1-3H3. The van der Waals surface area contributed by atoms with Gasteiger partial charge in [-0.05, 0) is 35.9 Å². The van der Waals surface area contributed by atoms with Crippen molar-refractivity contribution in [2.24, 2.45) is 0 Å². The molecule has 3 nitrogen and oxygen atoms in total. The fourth-order valence-electron chi connectivity index (χ4n) is 3.58. The van der Waals surface area contributed by atoms with Gasteiger partial charge in [0.1, 0.15) is 0 Å². The molecule has 0 N–H and O–H groups in total. The normalized spacial score (nSPS) is 10.8. The maximum atomic E-state index is 13.0. The van der Waals surface area contributed by atoms with Gasteiger partial charge in [0.25, 0.3) is 0 Å². The molecule has 0 aromatic heterocycles. The fourth-order valence-corrected chi connectivity index (χ4v) is 4.21. The summed E-state index contributed by atoms with van der Waals surface area (Å²) in [6.07, 6.45) is 2.90. The summed E-state index contributed by atoms with van der Waals surface area (Å²) < 4.78 is 0. The van der Waals surface area contributed by atoms with Crippen LogP contribution in [0.3, 0.4) is 0 Å². The van der Waals surface area contributed by atoms with E-state index in [9.17, 15) is 4.79 Å². The zero-order valence-corrected chi connectivity index (χ0v) is 18.1. The second kappa shape index (κ2) is 10.2. The molecule has 2 amide bonds. The number of rotatable bonds is 7. The van der Waals surface area contributed by atoms with Crippen LogP contribution in [0.15, 0.2) is 89.8 Å². The maximum absolute atomic E-state index is 13.0. The molecule has 0 heterocycles. The summed E-state index contributed by atoms with van der Waals surface area (Å²) in [4.78, 5) is 17.7. The molecule has 0 spiro atoms. The number of carbonyl (C=O) groups excluding carboxylic acids is 1. The molecule has 0 atom stereocenters. The Kier molecular flexibility index (Phi) is 7.36. The smallest absolute Gasteiger partial charge is 0.323 e. The summed E-state index contributed by atoms with van der Waals surface area (Å²) in [5.74, 6) is 0.261. The average molecular weight is 405 g/mol. The Balaban J connectivity index is 1.73. The highest BCUT2D eigenvalue weighted by Crippen LogP contribution is 2.30. The summed E-state index contributed by atoms with van der Waals surface area (Å²) >= 11 is 1.65. The number of benzene rings is 3. The van der Waals surface area contributed by atoms with Crippen molar-refractivity contribution in [3.05, 3.63) is 96.1 Å². The van der Waals surface area contributed by atoms with E-state index >= 15 is 0 Å². The molecule has 0 radical (unpaired) electrons. The number of hydrogen-bond acceptors (Lipinski definition) is 2. The molecule has 0 fully saturated rings. The zero-order valence-electron chi connectivity index (χ0n) is 17.3. The van der Waals surface area contributed by atoms with Gasteiger partial charge in [0.05, 0.1) is 5.69 Å². The number of urea groups is 1. The van der Waals surface area contributed by atoms with E-state index in [1.165, 1.54) is 11.1 Å². The van der Waals surface area contributed by atoms with Gasteiger partial charge in [0, 0.05) is 31.5 Å². The molecular weight excluding hydrogens is 376 g/mol. The summed E-state index contributed by atoms with van der Waals surface area (Å²) in [5.41, 5.74) is 3.50. The minimum absolute atomic E-state index is 0.00590. The summed E-state index contributed by atoms with van der Waals surface area (Å²) in [5, 5.41) is 0. The maximum Gasteiger partial charge on any atom is 0.323 e. The third kappa shape index (κ3) is 5.21. The minimum atomic E-state index is 0.00590. The van der Waals surface area contributed by atoms with E-state index in [4.69, 9.17) is 0 Å². The third-order valence-electron chi connectivity index (χ3n) is 5.22. The molecule has 0 bridgehead atoms. The second-order valence-electron chi connectivity index (χ2n) is 7.10. The lowest BCUT2D eigenvalue weighted by Gasteiger charge is -2.28. The van der Waals surface area contributed by atoms with Crippen molar-refractivity contribution in [2.45, 2.75) is 17.2 Å². The van der Waals surface area contributed by atoms with Crippen LogP contribution in [0.25, 0.3) is 0 Å². The van der Waals surface area contributed by atoms with E-state index in [-0.39, 0.29) is 11.9 Å². The second-order valence-corrected chi connectivity index (χ2v) is 7.95. The molecule has 3 aromatic rings. The van der Waals surface area contributed by atoms with Crippen molar-refractivity contribution in [1.29, 1.82) is 0 Å². The molecule has 150 valence electrons. The van der Waals surface area contributed by atoms with Crippen LogP contribution in [0.4, 0.5) is 10.5 Å². The molecular formula is C25H28N2OS. The first-order chi connectivity index (χ1) is 14.1. The van der Waals surface area contributed by atoms with Crippen LogP contribution in [0.1, 0.15) is 23.5 Å². The van der Waals surface area contributed by atoms with E-state index in [1.807, 2.05) is 61.6 Å². The highest BCUT2D eigenvalue weighted by atomic mass is 32.2. The van der Waals surface area contributed by atoms with Crippen molar-refractivity contribution >= 4 is 23.5 Å². The number of thioether (sulfide) groups is 1. The zero-order chi connectivity index (χ0) is 20.6. The Morgan fingerprint density at radius 1 is 0.828 bits per heavy atom. The molecule has 0 aliphatic rings. The van der Waals surface area contributed by atoms with Gasteiger partial charge < -0.3 is 4.90 Å². The number of para-hydroxylation sites is 1. The summed E-state index contributed by atoms with van der Waals surface area (Å²) in [6.45, 7) is 0.680. The number of hydrogen-bond donors (Lipinski definition) is 0. The van der Waals surface area contributed by atoms with E-state index in [1.54, 1.807) is 16.7 Å². The molecule has 0 saturated carbocycles. The SMILES string of the molecule is CSc1ccccc1N(C)C(=O)N(C)CCC(c1ccccc1)c1ccccc1. The Labute approximate surface area is 178 Å². The molecule has 0 saturated heterocycles. The first-order valence-corrected chi connectivity index (χ1v) is 11.1. The van der Waals surface area contributed by atoms with Crippen LogP contribution in [-0.4, -0.2) is 37.8 Å². The summed E-state index contributed by atoms with van der Waals surface area (Å²) in [7, 11) is 3.73. The van der Waals surface area contributed by atoms with Gasteiger partial charge in [-0.25, -0.2) is 4.79 Å². The van der Waals surface area contributed by atoms with E-state index in [2.05, 4.69) is 48.5 Å². The Bertz CT molecular complexity index is 875. The van der Waals surface area contributed by atoms with Crippen LogP contribution in [0, 0.1) is 0 Å². The molecule has 0 aliphatic heterocycles. The lowest BCUT2D eigenvalue weighted by atomic mass is 9.88. The van der Waals surface area contributed by atoms with Gasteiger partial charge in [-0.2, -0.15) is 0 Å². The highest BCUT2D eigenvalue weighted by Gasteiger charge is 2.20. The predicted octanol–water partition coefficient (Wildman–Crippen LogP) is 6.12. The Morgan fingerprint density at radius 3 is 1.90 bits per heavy atom. The van der Waals surface area contributed by atoms with E-state index in [0.29, 0.717) is 6.54 Å². The van der Waals surface area contributed by atoms with Crippen molar-refractivity contribution in [2.75, 3.05) is 31.8 Å². The summed E-state index contributed by atoms with van der Waals surface area (Å²) in [6, 6.07) is 29.1. The van der Waals surface area contributed by atoms with Crippen LogP contribution >= 0.6 is 11.8 Å². The minimum Gasteiger partial charge on any atom is -0.327 e. The third-order valence-corrected chi connectivity index (χ3v) is 6.00. The van der Waals surface area contributed by atoms with Crippen molar-refractivity contribution in [3.8, 4) is 0 Å². The van der Waals surface area contributed by atoms with Crippen molar-refractivity contribution in [3.63, 3.8) is 0 Å². The number of nitrogens with zero attached hydrogens (tertiary/aromatic N) is 2. The fraction of sp³-hybridized carbons (Fsp3) is 0.240. The van der Waals surface area contributed by atoms with Gasteiger partial charge in [-0.1, -0.05) is 72.8 Å². The quantitative estimate of drug-likeness (QED) is 0.443. The lowest BCUT2D eigenvalue weighted by Crippen LogP contribution is -2.39. The number of amides is 2. The molecule has 29 heavy (non-hydrogen) atoms. The van der Waals surface area contributed by atoms with Crippen molar-refractivity contribution < 1.29 is 4.79 Å². The van der Waals surface area contributed by atoms with E-state index < -0.39 is 0 Å². The molecule has 0 unspecified atom stereocenters. The van der Waals surface area contributed by atoms with Gasteiger partial charge in [0.15, 0.2) is 0 Å². The van der Waals surface area contributed by atoms with Gasteiger partial charge in [-0.15, -0.1) is 11.8 Å². The average Bonchev–Trinajstić information content (AvgIpc) is 2.79. The first-order valence-electron chi connectivity index (χ1n) is 9.83. The van der Waals surface area contributed by atoms with Gasteiger partial charge in [-0.3, -0.25) is 4.90 Å². The van der Waals surface area contributed by atoms with Crippen LogP contribution in [-0.2, 0) is 0 Å². The monoisotopic (exact) mass is 404 g/mol.